The van der Waals surface area contributed by atoms with Crippen LogP contribution >= 0.6 is 15.9 Å². The van der Waals surface area contributed by atoms with Crippen molar-refractivity contribution in [1.82, 2.24) is 4.72 Å². The van der Waals surface area contributed by atoms with Gasteiger partial charge in [0.2, 0.25) is 10.0 Å². The van der Waals surface area contributed by atoms with Crippen molar-refractivity contribution in [2.45, 2.75) is 30.7 Å². The fraction of sp³-hybridized carbons (Fsp3) is 0.571. The van der Waals surface area contributed by atoms with Crippen molar-refractivity contribution in [2.75, 3.05) is 20.3 Å². The first-order chi connectivity index (χ1) is 9.92. The molecule has 0 heterocycles. The van der Waals surface area contributed by atoms with E-state index >= 15 is 0 Å². The first-order valence-corrected chi connectivity index (χ1v) is 9.17. The van der Waals surface area contributed by atoms with Crippen LogP contribution in [0.15, 0.2) is 27.6 Å². The lowest BCUT2D eigenvalue weighted by atomic mass is 10.0. The second-order valence-corrected chi connectivity index (χ2v) is 8.13. The number of hydrogen-bond acceptors (Lipinski definition) is 4. The molecule has 1 fully saturated rings. The predicted molar refractivity (Wildman–Crippen MR) is 85.4 cm³/mol. The van der Waals surface area contributed by atoms with Gasteiger partial charge in [-0.2, -0.15) is 0 Å². The minimum absolute atomic E-state index is 0.0761. The van der Waals surface area contributed by atoms with Crippen LogP contribution in [-0.4, -0.2) is 28.7 Å². The Morgan fingerprint density at radius 2 is 2.14 bits per heavy atom. The van der Waals surface area contributed by atoms with Gasteiger partial charge in [-0.05, 0) is 58.3 Å². The molecule has 7 heteroatoms. The van der Waals surface area contributed by atoms with Crippen LogP contribution in [0.5, 0.6) is 0 Å². The number of benzene rings is 1. The summed E-state index contributed by atoms with van der Waals surface area (Å²) in [5, 5.41) is 0. The summed E-state index contributed by atoms with van der Waals surface area (Å²) in [5.41, 5.74) is 6.52. The number of ether oxygens (including phenoxy) is 1. The lowest BCUT2D eigenvalue weighted by molar-refractivity contribution is 0.173. The number of sulfonamides is 1. The average molecular weight is 377 g/mol. The summed E-state index contributed by atoms with van der Waals surface area (Å²) in [5.74, 6) is 0. The maximum absolute atomic E-state index is 12.4. The van der Waals surface area contributed by atoms with Crippen LogP contribution in [0.1, 0.15) is 24.8 Å². The SMILES string of the molecule is COCCC1(CNS(=O)(=O)c2ccc(CN)cc2Br)CC1. The molecule has 1 saturated carbocycles. The summed E-state index contributed by atoms with van der Waals surface area (Å²) in [6.07, 6.45) is 2.98. The van der Waals surface area contributed by atoms with E-state index in [1.165, 1.54) is 0 Å². The fourth-order valence-electron chi connectivity index (χ4n) is 2.23. The van der Waals surface area contributed by atoms with E-state index in [0.717, 1.165) is 24.8 Å². The van der Waals surface area contributed by atoms with Crippen molar-refractivity contribution in [3.8, 4) is 0 Å². The first-order valence-electron chi connectivity index (χ1n) is 6.90. The zero-order valence-electron chi connectivity index (χ0n) is 12.1. The Kier molecular flexibility index (Phi) is 5.43. The highest BCUT2D eigenvalue weighted by Crippen LogP contribution is 2.48. The molecule has 1 aliphatic rings. The number of rotatable bonds is 8. The van der Waals surface area contributed by atoms with Crippen molar-refractivity contribution in [3.05, 3.63) is 28.2 Å². The van der Waals surface area contributed by atoms with Crippen molar-refractivity contribution >= 4 is 26.0 Å². The highest BCUT2D eigenvalue weighted by atomic mass is 79.9. The molecule has 0 spiro atoms. The Morgan fingerprint density at radius 3 is 2.67 bits per heavy atom. The van der Waals surface area contributed by atoms with Crippen molar-refractivity contribution < 1.29 is 13.2 Å². The summed E-state index contributed by atoms with van der Waals surface area (Å²) in [7, 11) is -1.85. The van der Waals surface area contributed by atoms with Gasteiger partial charge in [0.25, 0.3) is 0 Å². The quantitative estimate of drug-likeness (QED) is 0.726. The van der Waals surface area contributed by atoms with E-state index in [-0.39, 0.29) is 10.3 Å². The Labute approximate surface area is 134 Å². The smallest absolute Gasteiger partial charge is 0.241 e. The van der Waals surface area contributed by atoms with E-state index in [4.69, 9.17) is 10.5 Å². The van der Waals surface area contributed by atoms with Gasteiger partial charge < -0.3 is 10.5 Å². The van der Waals surface area contributed by atoms with Gasteiger partial charge in [-0.15, -0.1) is 0 Å². The van der Waals surface area contributed by atoms with Gasteiger partial charge in [0.05, 0.1) is 4.90 Å². The molecule has 0 aromatic heterocycles. The summed E-state index contributed by atoms with van der Waals surface area (Å²) < 4.78 is 33.1. The number of methoxy groups -OCH3 is 1. The van der Waals surface area contributed by atoms with Gasteiger partial charge in [-0.3, -0.25) is 0 Å². The van der Waals surface area contributed by atoms with E-state index in [0.29, 0.717) is 24.2 Å². The summed E-state index contributed by atoms with van der Waals surface area (Å²) >= 11 is 3.31. The Bertz CT molecular complexity index is 600. The van der Waals surface area contributed by atoms with E-state index < -0.39 is 10.0 Å². The summed E-state index contributed by atoms with van der Waals surface area (Å²) in [4.78, 5) is 0.252. The molecule has 0 bridgehead atoms. The monoisotopic (exact) mass is 376 g/mol. The van der Waals surface area contributed by atoms with Crippen LogP contribution in [0, 0.1) is 5.41 Å². The minimum Gasteiger partial charge on any atom is -0.385 e. The molecule has 0 unspecified atom stereocenters. The first kappa shape index (κ1) is 16.9. The van der Waals surface area contributed by atoms with Crippen molar-refractivity contribution in [3.63, 3.8) is 0 Å². The predicted octanol–water partition coefficient (Wildman–Crippen LogP) is 2.00. The van der Waals surface area contributed by atoms with Crippen LogP contribution < -0.4 is 10.5 Å². The molecular weight excluding hydrogens is 356 g/mol. The number of halogens is 1. The number of nitrogens with two attached hydrogens (primary N) is 1. The summed E-state index contributed by atoms with van der Waals surface area (Å²) in [6, 6.07) is 5.06. The lowest BCUT2D eigenvalue weighted by Gasteiger charge is -2.16. The molecule has 1 aromatic carbocycles. The van der Waals surface area contributed by atoms with Gasteiger partial charge in [0, 0.05) is 31.3 Å². The second kappa shape index (κ2) is 6.75. The molecule has 0 radical (unpaired) electrons. The van der Waals surface area contributed by atoms with Crippen molar-refractivity contribution in [2.24, 2.45) is 11.1 Å². The van der Waals surface area contributed by atoms with E-state index in [1.54, 1.807) is 25.3 Å². The second-order valence-electron chi connectivity index (χ2n) is 5.54. The molecule has 0 aliphatic heterocycles. The zero-order chi connectivity index (χ0) is 15.5. The molecule has 2 rings (SSSR count). The maximum atomic E-state index is 12.4. The van der Waals surface area contributed by atoms with E-state index in [1.807, 2.05) is 0 Å². The van der Waals surface area contributed by atoms with Crippen molar-refractivity contribution in [1.29, 1.82) is 0 Å². The molecule has 5 nitrogen and oxygen atoms in total. The standard InChI is InChI=1S/C14H21BrN2O3S/c1-20-7-6-14(4-5-14)10-17-21(18,19)13-3-2-11(9-16)8-12(13)15/h2-3,8,17H,4-7,9-10,16H2,1H3. The van der Waals surface area contributed by atoms with Crippen LogP contribution in [0.2, 0.25) is 0 Å². The lowest BCUT2D eigenvalue weighted by Crippen LogP contribution is -2.31. The van der Waals surface area contributed by atoms with Crippen LogP contribution in [-0.2, 0) is 21.3 Å². The molecule has 1 aromatic rings. The molecule has 0 atom stereocenters. The van der Waals surface area contributed by atoms with Gasteiger partial charge in [-0.25, -0.2) is 13.1 Å². The Morgan fingerprint density at radius 1 is 1.43 bits per heavy atom. The third-order valence-electron chi connectivity index (χ3n) is 3.95. The minimum atomic E-state index is -3.51. The molecule has 0 saturated heterocycles. The highest BCUT2D eigenvalue weighted by molar-refractivity contribution is 9.10. The molecule has 3 N–H and O–H groups in total. The van der Waals surface area contributed by atoms with Gasteiger partial charge >= 0.3 is 0 Å². The van der Waals surface area contributed by atoms with Crippen LogP contribution in [0.3, 0.4) is 0 Å². The third-order valence-corrected chi connectivity index (χ3v) is 6.33. The van der Waals surface area contributed by atoms with Gasteiger partial charge in [0.1, 0.15) is 0 Å². The van der Waals surface area contributed by atoms with Gasteiger partial charge in [0.15, 0.2) is 0 Å². The highest BCUT2D eigenvalue weighted by Gasteiger charge is 2.42. The van der Waals surface area contributed by atoms with E-state index in [2.05, 4.69) is 20.7 Å². The normalized spacial score (nSPS) is 16.9. The maximum Gasteiger partial charge on any atom is 0.241 e. The molecule has 1 aliphatic carbocycles. The zero-order valence-corrected chi connectivity index (χ0v) is 14.5. The fourth-order valence-corrected chi connectivity index (χ4v) is 4.51. The molecule has 118 valence electrons. The number of nitrogens with one attached hydrogen (secondary N) is 1. The molecule has 0 amide bonds. The molecule has 21 heavy (non-hydrogen) atoms. The topological polar surface area (TPSA) is 81.4 Å². The third kappa shape index (κ3) is 4.26. The Hall–Kier alpha value is -0.470. The van der Waals surface area contributed by atoms with Crippen LogP contribution in [0.25, 0.3) is 0 Å². The summed E-state index contributed by atoms with van der Waals surface area (Å²) in [6.45, 7) is 1.51. The van der Waals surface area contributed by atoms with Crippen LogP contribution in [0.4, 0.5) is 0 Å². The Balaban J connectivity index is 2.05. The largest absolute Gasteiger partial charge is 0.385 e. The van der Waals surface area contributed by atoms with Gasteiger partial charge in [-0.1, -0.05) is 6.07 Å². The number of hydrogen-bond donors (Lipinski definition) is 2. The molecular formula is C14H21BrN2O3S. The van der Waals surface area contributed by atoms with E-state index in [9.17, 15) is 8.42 Å². The average Bonchev–Trinajstić information content (AvgIpc) is 3.23.